The minimum absolute atomic E-state index is 0.103. The number of para-hydroxylation sites is 1. The molecule has 0 saturated heterocycles. The maximum Gasteiger partial charge on any atom is 0.291 e. The van der Waals surface area contributed by atoms with Gasteiger partial charge in [-0.05, 0) is 71.6 Å². The summed E-state index contributed by atoms with van der Waals surface area (Å²) < 4.78 is 29.5. The van der Waals surface area contributed by atoms with Crippen LogP contribution in [0.3, 0.4) is 0 Å². The van der Waals surface area contributed by atoms with Crippen LogP contribution in [0.1, 0.15) is 37.6 Å². The third-order valence-electron chi connectivity index (χ3n) is 9.75. The summed E-state index contributed by atoms with van der Waals surface area (Å²) in [6.07, 6.45) is 6.17. The van der Waals surface area contributed by atoms with Crippen LogP contribution in [0.25, 0.3) is 21.9 Å². The Bertz CT molecular complexity index is 2660. The van der Waals surface area contributed by atoms with Gasteiger partial charge in [0.05, 0.1) is 55.4 Å². The predicted molar refractivity (Wildman–Crippen MR) is 225 cm³/mol. The van der Waals surface area contributed by atoms with E-state index < -0.39 is 11.8 Å². The molecule has 2 N–H and O–H groups in total. The van der Waals surface area contributed by atoms with Gasteiger partial charge in [-0.15, -0.1) is 0 Å². The molecule has 7 rings (SSSR count). The largest absolute Gasteiger partial charge is 0.493 e. The fourth-order valence-corrected chi connectivity index (χ4v) is 6.72. The van der Waals surface area contributed by atoms with E-state index in [1.807, 2.05) is 54.5 Å². The lowest BCUT2D eigenvalue weighted by atomic mass is 10.1. The molecule has 4 aromatic carbocycles. The predicted octanol–water partition coefficient (Wildman–Crippen LogP) is 6.87. The highest BCUT2D eigenvalue weighted by atomic mass is 16.5. The fourth-order valence-electron chi connectivity index (χ4n) is 6.72. The highest BCUT2D eigenvalue weighted by Crippen LogP contribution is 2.34. The number of ether oxygens (including phenoxy) is 4. The van der Waals surface area contributed by atoms with E-state index in [4.69, 9.17) is 23.4 Å². The minimum Gasteiger partial charge on any atom is -0.493 e. The SMILES string of the molecule is COCCOc1cncc(CN(CCc2ccc(NC(=O)c3cc(OC)c(OC)cc3NC(=O)c3cc(=O)c4ccccc4o3)cc2)Cc2ccc3c(cnn3C)c2)c1. The number of benzene rings is 4. The maximum atomic E-state index is 13.8. The van der Waals surface area contributed by atoms with Gasteiger partial charge in [0.1, 0.15) is 17.9 Å². The number of pyridine rings is 1. The zero-order valence-corrected chi connectivity index (χ0v) is 33.2. The summed E-state index contributed by atoms with van der Waals surface area (Å²) in [5.74, 6) is -0.174. The van der Waals surface area contributed by atoms with Gasteiger partial charge >= 0.3 is 0 Å². The number of hydrogen-bond donors (Lipinski definition) is 2. The quantitative estimate of drug-likeness (QED) is 0.0927. The van der Waals surface area contributed by atoms with Crippen LogP contribution in [0.15, 0.2) is 119 Å². The smallest absolute Gasteiger partial charge is 0.291 e. The Morgan fingerprint density at radius 3 is 2.34 bits per heavy atom. The Labute approximate surface area is 340 Å². The molecule has 0 aliphatic carbocycles. The van der Waals surface area contributed by atoms with Crippen LogP contribution in [0, 0.1) is 0 Å². The van der Waals surface area contributed by atoms with Crippen LogP contribution < -0.4 is 30.3 Å². The third-order valence-corrected chi connectivity index (χ3v) is 9.75. The average molecular weight is 797 g/mol. The van der Waals surface area contributed by atoms with Crippen LogP contribution in [-0.2, 0) is 31.3 Å². The van der Waals surface area contributed by atoms with Gasteiger partial charge in [0.15, 0.2) is 22.7 Å². The number of rotatable bonds is 17. The van der Waals surface area contributed by atoms with Crippen molar-refractivity contribution in [2.24, 2.45) is 7.05 Å². The van der Waals surface area contributed by atoms with E-state index >= 15 is 0 Å². The molecule has 3 heterocycles. The molecule has 0 aliphatic rings. The van der Waals surface area contributed by atoms with Crippen molar-refractivity contribution in [3.8, 4) is 17.2 Å². The first-order valence-corrected chi connectivity index (χ1v) is 18.9. The van der Waals surface area contributed by atoms with Crippen molar-refractivity contribution in [3.05, 3.63) is 148 Å². The zero-order chi connectivity index (χ0) is 41.3. The first kappa shape index (κ1) is 40.2. The van der Waals surface area contributed by atoms with Gasteiger partial charge in [-0.3, -0.25) is 28.9 Å². The van der Waals surface area contributed by atoms with Crippen molar-refractivity contribution >= 4 is 45.1 Å². The summed E-state index contributed by atoms with van der Waals surface area (Å²) in [7, 11) is 6.47. The fraction of sp³-hybridized carbons (Fsp3) is 0.222. The molecule has 2 amide bonds. The lowest BCUT2D eigenvalue weighted by Gasteiger charge is -2.23. The van der Waals surface area contributed by atoms with E-state index in [-0.39, 0.29) is 39.5 Å². The summed E-state index contributed by atoms with van der Waals surface area (Å²) in [4.78, 5) is 46.7. The van der Waals surface area contributed by atoms with Gasteiger partial charge in [0, 0.05) is 63.2 Å². The Morgan fingerprint density at radius 1 is 0.780 bits per heavy atom. The van der Waals surface area contributed by atoms with E-state index in [0.717, 1.165) is 46.6 Å². The number of hydrogen-bond acceptors (Lipinski definition) is 11. The van der Waals surface area contributed by atoms with Gasteiger partial charge in [-0.25, -0.2) is 0 Å². The normalized spacial score (nSPS) is 11.2. The molecule has 0 spiro atoms. The molecule has 0 bridgehead atoms. The first-order valence-electron chi connectivity index (χ1n) is 18.9. The Balaban J connectivity index is 1.06. The molecule has 0 atom stereocenters. The van der Waals surface area contributed by atoms with Gasteiger partial charge in [0.2, 0.25) is 0 Å². The molecule has 59 heavy (non-hydrogen) atoms. The third kappa shape index (κ3) is 9.75. The van der Waals surface area contributed by atoms with E-state index in [9.17, 15) is 14.4 Å². The number of aryl methyl sites for hydroxylation is 1. The second-order valence-corrected chi connectivity index (χ2v) is 13.8. The first-order chi connectivity index (χ1) is 28.7. The highest BCUT2D eigenvalue weighted by Gasteiger charge is 2.21. The van der Waals surface area contributed by atoms with E-state index in [1.165, 1.54) is 26.4 Å². The lowest BCUT2D eigenvalue weighted by molar-refractivity contribution is 0.0997. The lowest BCUT2D eigenvalue weighted by Crippen LogP contribution is -2.25. The van der Waals surface area contributed by atoms with Crippen LogP contribution in [-0.4, -0.2) is 72.6 Å². The number of amides is 2. The Kier molecular flexibility index (Phi) is 12.6. The molecule has 0 saturated carbocycles. The van der Waals surface area contributed by atoms with E-state index in [0.29, 0.717) is 43.1 Å². The van der Waals surface area contributed by atoms with Gasteiger partial charge in [-0.1, -0.05) is 30.3 Å². The monoisotopic (exact) mass is 796 g/mol. The van der Waals surface area contributed by atoms with Crippen LogP contribution in [0.2, 0.25) is 0 Å². The average Bonchev–Trinajstić information content (AvgIpc) is 3.62. The van der Waals surface area contributed by atoms with Crippen molar-refractivity contribution < 1.29 is 33.0 Å². The summed E-state index contributed by atoms with van der Waals surface area (Å²) in [5.41, 5.74) is 5.00. The molecule has 14 nitrogen and oxygen atoms in total. The molecule has 0 aliphatic heterocycles. The number of nitrogens with one attached hydrogen (secondary N) is 2. The van der Waals surface area contributed by atoms with Crippen molar-refractivity contribution in [1.29, 1.82) is 0 Å². The Morgan fingerprint density at radius 2 is 1.54 bits per heavy atom. The van der Waals surface area contributed by atoms with Crippen molar-refractivity contribution in [2.75, 3.05) is 51.7 Å². The molecular formula is C45H44N6O8. The Hall–Kier alpha value is -7.03. The molecule has 0 fully saturated rings. The zero-order valence-electron chi connectivity index (χ0n) is 33.2. The maximum absolute atomic E-state index is 13.8. The van der Waals surface area contributed by atoms with Crippen LogP contribution in [0.5, 0.6) is 17.2 Å². The number of carbonyl (C=O) groups excluding carboxylic acids is 2. The van der Waals surface area contributed by atoms with E-state index in [2.05, 4.69) is 43.8 Å². The molecule has 0 radical (unpaired) electrons. The number of carbonyl (C=O) groups is 2. The topological polar surface area (TPSA) is 159 Å². The van der Waals surface area contributed by atoms with Crippen molar-refractivity contribution in [1.82, 2.24) is 19.7 Å². The summed E-state index contributed by atoms with van der Waals surface area (Å²) >= 11 is 0. The van der Waals surface area contributed by atoms with Crippen LogP contribution >= 0.6 is 0 Å². The molecule has 302 valence electrons. The molecule has 0 unspecified atom stereocenters. The second-order valence-electron chi connectivity index (χ2n) is 13.8. The number of aromatic nitrogens is 3. The molecular weight excluding hydrogens is 753 g/mol. The molecule has 7 aromatic rings. The summed E-state index contributed by atoms with van der Waals surface area (Å²) in [6, 6.07) is 26.7. The number of fused-ring (bicyclic) bond motifs is 2. The second kappa shape index (κ2) is 18.5. The van der Waals surface area contributed by atoms with Crippen molar-refractivity contribution in [2.45, 2.75) is 19.5 Å². The summed E-state index contributed by atoms with van der Waals surface area (Å²) in [6.45, 7) is 3.00. The van der Waals surface area contributed by atoms with E-state index in [1.54, 1.807) is 37.6 Å². The van der Waals surface area contributed by atoms with Crippen molar-refractivity contribution in [3.63, 3.8) is 0 Å². The standard InChI is InChI=1S/C45H44N6O8/c1-50-38-14-11-30(19-32(38)25-47-50)27-51(28-31-20-34(26-46-24-31)58-18-17-55-2)16-15-29-9-12-33(13-10-29)48-44(53)36-21-41(56-3)42(57-4)22-37(36)49-45(54)43-23-39(52)35-7-5-6-8-40(35)59-43/h5-14,19-26H,15-18,27-28H2,1-4H3,(H,48,53)(H,49,54). The van der Waals surface area contributed by atoms with Crippen LogP contribution in [0.4, 0.5) is 11.4 Å². The number of methoxy groups -OCH3 is 3. The van der Waals surface area contributed by atoms with Gasteiger partial charge < -0.3 is 34.0 Å². The van der Waals surface area contributed by atoms with Gasteiger partial charge in [0.25, 0.3) is 11.8 Å². The molecule has 14 heteroatoms. The minimum atomic E-state index is -0.718. The number of anilines is 2. The van der Waals surface area contributed by atoms with Gasteiger partial charge in [-0.2, -0.15) is 5.10 Å². The highest BCUT2D eigenvalue weighted by molar-refractivity contribution is 6.12. The summed E-state index contributed by atoms with van der Waals surface area (Å²) in [5, 5.41) is 11.5. The molecule has 3 aromatic heterocycles. The number of nitrogens with zero attached hydrogens (tertiary/aromatic N) is 4.